The van der Waals surface area contributed by atoms with Crippen LogP contribution in [0.1, 0.15) is 36.2 Å². The highest BCUT2D eigenvalue weighted by Gasteiger charge is 2.18. The van der Waals surface area contributed by atoms with Gasteiger partial charge >= 0.3 is 0 Å². The summed E-state index contributed by atoms with van der Waals surface area (Å²) in [5.41, 5.74) is 15.1. The molecule has 16 heavy (non-hydrogen) atoms. The highest BCUT2D eigenvalue weighted by atomic mass is 15.3. The van der Waals surface area contributed by atoms with E-state index in [1.807, 2.05) is 11.7 Å². The zero-order valence-electron chi connectivity index (χ0n) is 10.8. The molecule has 0 bridgehead atoms. The molecule has 0 aliphatic heterocycles. The molecule has 4 nitrogen and oxygen atoms in total. The molecule has 0 spiro atoms. The van der Waals surface area contributed by atoms with Crippen molar-refractivity contribution in [3.63, 3.8) is 0 Å². The molecule has 1 aromatic rings. The van der Waals surface area contributed by atoms with Gasteiger partial charge in [-0.3, -0.25) is 4.68 Å². The lowest BCUT2D eigenvalue weighted by Crippen LogP contribution is -2.24. The van der Waals surface area contributed by atoms with E-state index in [2.05, 4.69) is 25.9 Å². The lowest BCUT2D eigenvalue weighted by molar-refractivity contribution is 0.463. The van der Waals surface area contributed by atoms with Crippen molar-refractivity contribution in [2.24, 2.45) is 24.4 Å². The fourth-order valence-electron chi connectivity index (χ4n) is 2.41. The quantitative estimate of drug-likeness (QED) is 0.786. The first-order valence-corrected chi connectivity index (χ1v) is 5.91. The summed E-state index contributed by atoms with van der Waals surface area (Å²) in [6.07, 6.45) is 1.04. The van der Waals surface area contributed by atoms with Crippen LogP contribution in [0.2, 0.25) is 0 Å². The molecule has 0 aliphatic carbocycles. The zero-order valence-corrected chi connectivity index (χ0v) is 10.8. The summed E-state index contributed by atoms with van der Waals surface area (Å²) in [4.78, 5) is 0. The van der Waals surface area contributed by atoms with Crippen LogP contribution in [0.4, 0.5) is 0 Å². The second-order valence-corrected chi connectivity index (χ2v) is 4.68. The van der Waals surface area contributed by atoms with E-state index in [-0.39, 0.29) is 0 Å². The van der Waals surface area contributed by atoms with Crippen molar-refractivity contribution >= 4 is 0 Å². The van der Waals surface area contributed by atoms with E-state index in [0.717, 1.165) is 12.1 Å². The van der Waals surface area contributed by atoms with Crippen molar-refractivity contribution < 1.29 is 0 Å². The SMILES string of the molecule is Cc1nn(C)c(C)c1C(C)CC(CN)CN. The zero-order chi connectivity index (χ0) is 12.3. The maximum absolute atomic E-state index is 5.69. The van der Waals surface area contributed by atoms with Crippen molar-refractivity contribution in [3.05, 3.63) is 17.0 Å². The van der Waals surface area contributed by atoms with E-state index in [0.29, 0.717) is 24.9 Å². The topological polar surface area (TPSA) is 69.9 Å². The summed E-state index contributed by atoms with van der Waals surface area (Å²) < 4.78 is 1.95. The normalized spacial score (nSPS) is 13.4. The first-order valence-electron chi connectivity index (χ1n) is 5.91. The summed E-state index contributed by atoms with van der Waals surface area (Å²) in [7, 11) is 1.99. The second kappa shape index (κ2) is 5.46. The largest absolute Gasteiger partial charge is 0.330 e. The van der Waals surface area contributed by atoms with Crippen molar-refractivity contribution in [1.82, 2.24) is 9.78 Å². The standard InChI is InChI=1S/C12H24N4/c1-8(5-11(6-13)7-14)12-9(2)15-16(4)10(12)3/h8,11H,5-7,13-14H2,1-4H3. The van der Waals surface area contributed by atoms with E-state index in [1.165, 1.54) is 11.3 Å². The highest BCUT2D eigenvalue weighted by Crippen LogP contribution is 2.27. The molecule has 0 amide bonds. The predicted octanol–water partition coefficient (Wildman–Crippen LogP) is 1.06. The van der Waals surface area contributed by atoms with Gasteiger partial charge in [0.05, 0.1) is 5.69 Å². The van der Waals surface area contributed by atoms with Gasteiger partial charge in [-0.2, -0.15) is 5.10 Å². The van der Waals surface area contributed by atoms with Crippen molar-refractivity contribution in [1.29, 1.82) is 0 Å². The molecule has 0 saturated heterocycles. The first-order chi connectivity index (χ1) is 7.51. The Bertz CT molecular complexity index is 339. The fourth-order valence-corrected chi connectivity index (χ4v) is 2.41. The molecule has 1 heterocycles. The van der Waals surface area contributed by atoms with Crippen molar-refractivity contribution in [3.8, 4) is 0 Å². The Balaban J connectivity index is 2.83. The number of nitrogens with two attached hydrogens (primary N) is 2. The van der Waals surface area contributed by atoms with E-state index in [4.69, 9.17) is 11.5 Å². The Morgan fingerprint density at radius 1 is 1.25 bits per heavy atom. The first kappa shape index (κ1) is 13.2. The van der Waals surface area contributed by atoms with Crippen LogP contribution < -0.4 is 11.5 Å². The number of nitrogens with zero attached hydrogens (tertiary/aromatic N) is 2. The van der Waals surface area contributed by atoms with Gasteiger partial charge in [-0.15, -0.1) is 0 Å². The summed E-state index contributed by atoms with van der Waals surface area (Å²) >= 11 is 0. The third-order valence-corrected chi connectivity index (χ3v) is 3.41. The molecule has 4 heteroatoms. The van der Waals surface area contributed by atoms with Crippen LogP contribution in [-0.4, -0.2) is 22.9 Å². The molecule has 92 valence electrons. The average Bonchev–Trinajstić information content (AvgIpc) is 2.49. The number of aromatic nitrogens is 2. The van der Waals surface area contributed by atoms with Crippen LogP contribution in [0.15, 0.2) is 0 Å². The fraction of sp³-hybridized carbons (Fsp3) is 0.750. The molecule has 0 aliphatic rings. The maximum Gasteiger partial charge on any atom is 0.0631 e. The van der Waals surface area contributed by atoms with Crippen molar-refractivity contribution in [2.45, 2.75) is 33.1 Å². The summed E-state index contributed by atoms with van der Waals surface area (Å²) in [6.45, 7) is 7.75. The Labute approximate surface area is 98.0 Å². The van der Waals surface area contributed by atoms with Gasteiger partial charge < -0.3 is 11.5 Å². The van der Waals surface area contributed by atoms with E-state index >= 15 is 0 Å². The Morgan fingerprint density at radius 2 is 1.81 bits per heavy atom. The average molecular weight is 224 g/mol. The number of hydrogen-bond donors (Lipinski definition) is 2. The summed E-state index contributed by atoms with van der Waals surface area (Å²) in [5, 5.41) is 4.44. The lowest BCUT2D eigenvalue weighted by Gasteiger charge is -2.18. The van der Waals surface area contributed by atoms with Gasteiger partial charge in [0.25, 0.3) is 0 Å². The third kappa shape index (κ3) is 2.62. The molecule has 0 saturated carbocycles. The van der Waals surface area contributed by atoms with Crippen LogP contribution in [0, 0.1) is 19.8 Å². The van der Waals surface area contributed by atoms with Gasteiger partial charge in [-0.1, -0.05) is 6.92 Å². The summed E-state index contributed by atoms with van der Waals surface area (Å²) in [5.74, 6) is 0.889. The van der Waals surface area contributed by atoms with Gasteiger partial charge in [-0.25, -0.2) is 0 Å². The van der Waals surface area contributed by atoms with Gasteiger partial charge in [0.1, 0.15) is 0 Å². The van der Waals surface area contributed by atoms with E-state index < -0.39 is 0 Å². The van der Waals surface area contributed by atoms with E-state index in [9.17, 15) is 0 Å². The minimum atomic E-state index is 0.411. The molecule has 1 unspecified atom stereocenters. The predicted molar refractivity (Wildman–Crippen MR) is 67.3 cm³/mol. The van der Waals surface area contributed by atoms with Crippen LogP contribution >= 0.6 is 0 Å². The molecule has 1 rings (SSSR count). The molecule has 0 aromatic carbocycles. The summed E-state index contributed by atoms with van der Waals surface area (Å²) in [6, 6.07) is 0. The Kier molecular flexibility index (Phi) is 4.50. The van der Waals surface area contributed by atoms with Crippen LogP contribution in [0.25, 0.3) is 0 Å². The van der Waals surface area contributed by atoms with E-state index in [1.54, 1.807) is 0 Å². The number of hydrogen-bond acceptors (Lipinski definition) is 3. The number of aryl methyl sites for hydroxylation is 2. The van der Waals surface area contributed by atoms with Gasteiger partial charge in [0, 0.05) is 12.7 Å². The molecule has 1 atom stereocenters. The van der Waals surface area contributed by atoms with Gasteiger partial charge in [-0.05, 0) is 50.8 Å². The second-order valence-electron chi connectivity index (χ2n) is 4.68. The van der Waals surface area contributed by atoms with Crippen LogP contribution in [-0.2, 0) is 7.05 Å². The van der Waals surface area contributed by atoms with Gasteiger partial charge in [0.2, 0.25) is 0 Å². The molecule has 0 fully saturated rings. The lowest BCUT2D eigenvalue weighted by atomic mass is 9.89. The van der Waals surface area contributed by atoms with Crippen molar-refractivity contribution in [2.75, 3.05) is 13.1 Å². The Morgan fingerprint density at radius 3 is 2.19 bits per heavy atom. The highest BCUT2D eigenvalue weighted by molar-refractivity contribution is 5.28. The molecule has 4 N–H and O–H groups in total. The molecular formula is C12H24N4. The van der Waals surface area contributed by atoms with Gasteiger partial charge in [0.15, 0.2) is 0 Å². The minimum Gasteiger partial charge on any atom is -0.330 e. The monoisotopic (exact) mass is 224 g/mol. The smallest absolute Gasteiger partial charge is 0.0631 e. The van der Waals surface area contributed by atoms with Crippen LogP contribution in [0.5, 0.6) is 0 Å². The number of rotatable bonds is 5. The third-order valence-electron chi connectivity index (χ3n) is 3.41. The Hall–Kier alpha value is -0.870. The molecule has 1 aromatic heterocycles. The molecule has 0 radical (unpaired) electrons. The minimum absolute atomic E-state index is 0.411. The maximum atomic E-state index is 5.69. The molecular weight excluding hydrogens is 200 g/mol. The van der Waals surface area contributed by atoms with Crippen LogP contribution in [0.3, 0.4) is 0 Å².